The monoisotopic (exact) mass is 277 g/mol. The Bertz CT molecular complexity index is 354. The van der Waals surface area contributed by atoms with Gasteiger partial charge in [0.25, 0.3) is 0 Å². The van der Waals surface area contributed by atoms with Gasteiger partial charge in [-0.05, 0) is 23.8 Å². The second kappa shape index (κ2) is 5.70. The Hall–Kier alpha value is -0.520. The number of alkyl halides is 4. The molecule has 1 aromatic rings. The second-order valence-electron chi connectivity index (χ2n) is 2.99. The molecule has 1 rings (SSSR count). The Morgan fingerprint density at radius 2 is 1.88 bits per heavy atom. The van der Waals surface area contributed by atoms with Gasteiger partial charge in [-0.25, -0.2) is 4.39 Å². The molecule has 7 heteroatoms. The Morgan fingerprint density at radius 1 is 1.31 bits per heavy atom. The first-order valence-electron chi connectivity index (χ1n) is 4.04. The van der Waals surface area contributed by atoms with Crippen LogP contribution in [0.2, 0.25) is 5.02 Å². The van der Waals surface area contributed by atoms with E-state index in [0.29, 0.717) is 0 Å². The maximum absolute atomic E-state index is 12.3. The predicted octanol–water partition coefficient (Wildman–Crippen LogP) is 3.75. The van der Waals surface area contributed by atoms with E-state index >= 15 is 0 Å². The Labute approximate surface area is 101 Å². The van der Waals surface area contributed by atoms with Gasteiger partial charge in [0.1, 0.15) is 6.67 Å². The molecule has 1 aromatic carbocycles. The molecule has 0 radical (unpaired) electrons. The van der Waals surface area contributed by atoms with E-state index in [2.05, 4.69) is 0 Å². The van der Waals surface area contributed by atoms with Crippen LogP contribution >= 0.6 is 24.0 Å². The second-order valence-corrected chi connectivity index (χ2v) is 3.40. The van der Waals surface area contributed by atoms with Crippen molar-refractivity contribution in [3.8, 4) is 0 Å². The van der Waals surface area contributed by atoms with Gasteiger partial charge >= 0.3 is 6.18 Å². The van der Waals surface area contributed by atoms with E-state index in [-0.39, 0.29) is 23.0 Å². The predicted molar refractivity (Wildman–Crippen MR) is 56.6 cm³/mol. The molecule has 0 aromatic heterocycles. The van der Waals surface area contributed by atoms with Gasteiger partial charge in [0.2, 0.25) is 0 Å². The van der Waals surface area contributed by atoms with E-state index in [4.69, 9.17) is 17.3 Å². The molecule has 1 nitrogen and oxygen atoms in total. The molecule has 0 saturated heterocycles. The zero-order chi connectivity index (χ0) is 11.6. The van der Waals surface area contributed by atoms with Gasteiger partial charge in [-0.2, -0.15) is 13.2 Å². The molecule has 16 heavy (non-hydrogen) atoms. The Morgan fingerprint density at radius 3 is 2.31 bits per heavy atom. The standard InChI is InChI=1S/C9H8ClF4N.ClH/c10-7-2-1-5(9(12,13)14)3-6(7)8(15)4-11;/h1-3,8H,4,15H2;1H/t8-;/m0./s1. The number of nitrogens with two attached hydrogens (primary N) is 1. The highest BCUT2D eigenvalue weighted by molar-refractivity contribution is 6.31. The minimum atomic E-state index is -4.48. The minimum Gasteiger partial charge on any atom is -0.322 e. The van der Waals surface area contributed by atoms with Crippen molar-refractivity contribution in [1.29, 1.82) is 0 Å². The third kappa shape index (κ3) is 3.50. The number of halogens is 6. The summed E-state index contributed by atoms with van der Waals surface area (Å²) < 4.78 is 49.1. The average molecular weight is 278 g/mol. The summed E-state index contributed by atoms with van der Waals surface area (Å²) in [4.78, 5) is 0. The fraction of sp³-hybridized carbons (Fsp3) is 0.333. The SMILES string of the molecule is Cl.N[C@@H](CF)c1cc(C(F)(F)F)ccc1Cl. The highest BCUT2D eigenvalue weighted by Gasteiger charge is 2.31. The van der Waals surface area contributed by atoms with E-state index in [1.54, 1.807) is 0 Å². The van der Waals surface area contributed by atoms with Crippen LogP contribution in [0.5, 0.6) is 0 Å². The lowest BCUT2D eigenvalue weighted by atomic mass is 10.1. The van der Waals surface area contributed by atoms with Crippen LogP contribution in [0, 0.1) is 0 Å². The van der Waals surface area contributed by atoms with Gasteiger partial charge in [-0.3, -0.25) is 0 Å². The molecule has 0 aliphatic rings. The average Bonchev–Trinajstić information content (AvgIpc) is 2.15. The summed E-state index contributed by atoms with van der Waals surface area (Å²) in [5.74, 6) is 0. The molecule has 0 aliphatic heterocycles. The van der Waals surface area contributed by atoms with Crippen LogP contribution in [0.15, 0.2) is 18.2 Å². The molecular formula is C9H9Cl2F4N. The van der Waals surface area contributed by atoms with Crippen molar-refractivity contribution in [1.82, 2.24) is 0 Å². The Kier molecular flexibility index (Phi) is 5.52. The van der Waals surface area contributed by atoms with Gasteiger partial charge in [0.15, 0.2) is 0 Å². The van der Waals surface area contributed by atoms with Crippen molar-refractivity contribution in [3.05, 3.63) is 34.3 Å². The molecule has 0 spiro atoms. The highest BCUT2D eigenvalue weighted by Crippen LogP contribution is 2.33. The van der Waals surface area contributed by atoms with E-state index < -0.39 is 24.5 Å². The number of benzene rings is 1. The van der Waals surface area contributed by atoms with Crippen molar-refractivity contribution in [2.24, 2.45) is 5.73 Å². The molecule has 0 fully saturated rings. The third-order valence-electron chi connectivity index (χ3n) is 1.89. The molecular weight excluding hydrogens is 269 g/mol. The Balaban J connectivity index is 0.00000225. The van der Waals surface area contributed by atoms with E-state index in [1.807, 2.05) is 0 Å². The first kappa shape index (κ1) is 15.5. The van der Waals surface area contributed by atoms with Gasteiger partial charge < -0.3 is 5.73 Å². The molecule has 0 unspecified atom stereocenters. The zero-order valence-corrected chi connectivity index (χ0v) is 9.46. The van der Waals surface area contributed by atoms with Crippen LogP contribution in [0.25, 0.3) is 0 Å². The zero-order valence-electron chi connectivity index (χ0n) is 7.89. The fourth-order valence-electron chi connectivity index (χ4n) is 1.09. The number of rotatable bonds is 2. The van der Waals surface area contributed by atoms with E-state index in [9.17, 15) is 17.6 Å². The largest absolute Gasteiger partial charge is 0.416 e. The van der Waals surface area contributed by atoms with Gasteiger partial charge in [-0.15, -0.1) is 12.4 Å². The molecule has 0 heterocycles. The lowest BCUT2D eigenvalue weighted by Crippen LogP contribution is -2.14. The van der Waals surface area contributed by atoms with Crippen molar-refractivity contribution >= 4 is 24.0 Å². The number of hydrogen-bond acceptors (Lipinski definition) is 1. The normalized spacial score (nSPS) is 13.1. The van der Waals surface area contributed by atoms with Crippen LogP contribution in [-0.4, -0.2) is 6.67 Å². The summed E-state index contributed by atoms with van der Waals surface area (Å²) in [6.45, 7) is -0.957. The summed E-state index contributed by atoms with van der Waals surface area (Å²) in [6, 6.07) is 1.54. The van der Waals surface area contributed by atoms with Crippen LogP contribution < -0.4 is 5.73 Å². The van der Waals surface area contributed by atoms with Crippen molar-refractivity contribution < 1.29 is 17.6 Å². The molecule has 0 aliphatic carbocycles. The van der Waals surface area contributed by atoms with Gasteiger partial charge in [0.05, 0.1) is 11.6 Å². The lowest BCUT2D eigenvalue weighted by molar-refractivity contribution is -0.137. The highest BCUT2D eigenvalue weighted by atomic mass is 35.5. The van der Waals surface area contributed by atoms with Crippen LogP contribution in [0.4, 0.5) is 17.6 Å². The quantitative estimate of drug-likeness (QED) is 0.819. The van der Waals surface area contributed by atoms with Crippen molar-refractivity contribution in [2.45, 2.75) is 12.2 Å². The van der Waals surface area contributed by atoms with Crippen molar-refractivity contribution in [3.63, 3.8) is 0 Å². The topological polar surface area (TPSA) is 26.0 Å². The van der Waals surface area contributed by atoms with Gasteiger partial charge in [0, 0.05) is 5.02 Å². The minimum absolute atomic E-state index is 0. The molecule has 0 bridgehead atoms. The maximum atomic E-state index is 12.3. The summed E-state index contributed by atoms with van der Waals surface area (Å²) in [6.07, 6.45) is -4.48. The first-order valence-corrected chi connectivity index (χ1v) is 4.42. The maximum Gasteiger partial charge on any atom is 0.416 e. The first-order chi connectivity index (χ1) is 6.86. The van der Waals surface area contributed by atoms with E-state index in [1.165, 1.54) is 0 Å². The van der Waals surface area contributed by atoms with Crippen LogP contribution in [0.1, 0.15) is 17.2 Å². The smallest absolute Gasteiger partial charge is 0.322 e. The summed E-state index contributed by atoms with van der Waals surface area (Å²) >= 11 is 5.61. The summed E-state index contributed by atoms with van der Waals surface area (Å²) in [5.41, 5.74) is 4.36. The lowest BCUT2D eigenvalue weighted by Gasteiger charge is -2.13. The fourth-order valence-corrected chi connectivity index (χ4v) is 1.35. The number of hydrogen-bond donors (Lipinski definition) is 1. The van der Waals surface area contributed by atoms with Gasteiger partial charge in [-0.1, -0.05) is 11.6 Å². The third-order valence-corrected chi connectivity index (χ3v) is 2.23. The molecule has 1 atom stereocenters. The van der Waals surface area contributed by atoms with Crippen LogP contribution in [0.3, 0.4) is 0 Å². The van der Waals surface area contributed by atoms with Crippen LogP contribution in [-0.2, 0) is 6.18 Å². The molecule has 0 saturated carbocycles. The molecule has 0 amide bonds. The van der Waals surface area contributed by atoms with Crippen molar-refractivity contribution in [2.75, 3.05) is 6.67 Å². The summed E-state index contributed by atoms with van der Waals surface area (Å²) in [7, 11) is 0. The molecule has 92 valence electrons. The summed E-state index contributed by atoms with van der Waals surface area (Å²) in [5, 5.41) is 0.0353. The molecule has 2 N–H and O–H groups in total. The van der Waals surface area contributed by atoms with E-state index in [0.717, 1.165) is 18.2 Å².